The van der Waals surface area contributed by atoms with Gasteiger partial charge in [0.2, 0.25) is 21.8 Å². The molecular weight excluding hydrogens is 488 g/mol. The number of aromatic nitrogens is 1. The van der Waals surface area contributed by atoms with Crippen LogP contribution in [0.4, 0.5) is 22.7 Å². The maximum Gasteiger partial charge on any atom is 0.240 e. The van der Waals surface area contributed by atoms with Gasteiger partial charge in [0.15, 0.2) is 0 Å². The number of carbonyl (C=O) groups is 2. The fourth-order valence-corrected chi connectivity index (χ4v) is 4.80. The minimum absolute atomic E-state index is 0. The quantitative estimate of drug-likeness (QED) is 0.343. The average Bonchev–Trinajstić information content (AvgIpc) is 2.78. The van der Waals surface area contributed by atoms with Gasteiger partial charge in [-0.1, -0.05) is 25.1 Å². The van der Waals surface area contributed by atoms with E-state index in [0.717, 1.165) is 32.5 Å². The zero-order valence-electron chi connectivity index (χ0n) is 19.4. The fourth-order valence-electron chi connectivity index (χ4n) is 3.80. The van der Waals surface area contributed by atoms with E-state index in [4.69, 9.17) is 4.98 Å². The summed E-state index contributed by atoms with van der Waals surface area (Å²) in [6, 6.07) is 19.9. The van der Waals surface area contributed by atoms with E-state index in [1.165, 1.54) is 6.92 Å². The molecule has 2 amide bonds. The Bertz CT molecular complexity index is 1520. The molecule has 0 atom stereocenters. The third-order valence-electron chi connectivity index (χ3n) is 5.23. The summed E-state index contributed by atoms with van der Waals surface area (Å²) in [5, 5.41) is 7.96. The number of para-hydroxylation sites is 1. The first-order valence-corrected chi connectivity index (χ1v) is 12.5. The topological polar surface area (TPSA) is 108 Å². The van der Waals surface area contributed by atoms with E-state index in [1.54, 1.807) is 31.2 Å². The van der Waals surface area contributed by atoms with Crippen molar-refractivity contribution in [3.63, 3.8) is 0 Å². The molecule has 0 aliphatic carbocycles. The van der Waals surface area contributed by atoms with Gasteiger partial charge in [0.05, 0.1) is 28.7 Å². The number of fused-ring (bicyclic) bond motifs is 2. The van der Waals surface area contributed by atoms with Crippen molar-refractivity contribution in [2.45, 2.75) is 20.3 Å². The van der Waals surface area contributed by atoms with Crippen molar-refractivity contribution in [3.8, 4) is 0 Å². The third-order valence-corrected chi connectivity index (χ3v) is 6.31. The number of hydrogen-bond acceptors (Lipinski definition) is 6. The molecule has 8 nitrogen and oxygen atoms in total. The molecule has 2 N–H and O–H groups in total. The zero-order valence-corrected chi connectivity index (χ0v) is 21.0. The van der Waals surface area contributed by atoms with Crippen LogP contribution in [-0.4, -0.2) is 31.5 Å². The molecule has 0 fully saturated rings. The van der Waals surface area contributed by atoms with E-state index in [-0.39, 0.29) is 30.4 Å². The first kappa shape index (κ1) is 25.9. The molecule has 0 saturated carbocycles. The molecule has 0 spiro atoms. The maximum absolute atomic E-state index is 12.2. The molecule has 1 heterocycles. The summed E-state index contributed by atoms with van der Waals surface area (Å²) in [4.78, 5) is 28.4. The molecule has 0 radical (unpaired) electrons. The molecule has 0 saturated heterocycles. The SMILES string of the molecule is CCC(=O)N(c1ccc(Nc2c3ccccc3nc3cc(NC(C)=O)ccc23)cc1)S(C)(=O)=O.Cl. The van der Waals surface area contributed by atoms with Gasteiger partial charge >= 0.3 is 0 Å². The predicted octanol–water partition coefficient (Wildman–Crippen LogP) is 5.21. The second-order valence-corrected chi connectivity index (χ2v) is 9.69. The van der Waals surface area contributed by atoms with E-state index >= 15 is 0 Å². The Balaban J connectivity index is 0.00000342. The van der Waals surface area contributed by atoms with E-state index in [0.29, 0.717) is 16.9 Å². The Hall–Kier alpha value is -3.69. The second-order valence-electron chi connectivity index (χ2n) is 7.86. The number of nitrogens with zero attached hydrogens (tertiary/aromatic N) is 2. The highest BCUT2D eigenvalue weighted by molar-refractivity contribution is 7.92. The van der Waals surface area contributed by atoms with E-state index in [1.807, 2.05) is 42.5 Å². The van der Waals surface area contributed by atoms with Crippen LogP contribution in [0.3, 0.4) is 0 Å². The summed E-state index contributed by atoms with van der Waals surface area (Å²) in [6.07, 6.45) is 1.08. The summed E-state index contributed by atoms with van der Waals surface area (Å²) < 4.78 is 25.1. The summed E-state index contributed by atoms with van der Waals surface area (Å²) in [5.74, 6) is -0.660. The third kappa shape index (κ3) is 5.52. The summed E-state index contributed by atoms with van der Waals surface area (Å²) in [7, 11) is -3.75. The molecule has 4 rings (SSSR count). The maximum atomic E-state index is 12.2. The normalized spacial score (nSPS) is 11.1. The highest BCUT2D eigenvalue weighted by atomic mass is 35.5. The molecule has 10 heteroatoms. The van der Waals surface area contributed by atoms with E-state index in [9.17, 15) is 18.0 Å². The van der Waals surface area contributed by atoms with Crippen molar-refractivity contribution in [2.24, 2.45) is 0 Å². The number of halogens is 1. The first-order chi connectivity index (χ1) is 16.2. The number of hydrogen-bond donors (Lipinski definition) is 2. The number of nitrogens with one attached hydrogen (secondary N) is 2. The molecule has 182 valence electrons. The van der Waals surface area contributed by atoms with Crippen molar-refractivity contribution in [3.05, 3.63) is 66.7 Å². The van der Waals surface area contributed by atoms with Crippen LogP contribution >= 0.6 is 12.4 Å². The largest absolute Gasteiger partial charge is 0.354 e. The van der Waals surface area contributed by atoms with Crippen LogP contribution in [0.25, 0.3) is 21.8 Å². The molecule has 0 aliphatic heterocycles. The molecule has 35 heavy (non-hydrogen) atoms. The summed E-state index contributed by atoms with van der Waals surface area (Å²) in [5.41, 5.74) is 3.97. The Morgan fingerprint density at radius 1 is 0.914 bits per heavy atom. The van der Waals surface area contributed by atoms with Crippen LogP contribution < -0.4 is 14.9 Å². The summed E-state index contributed by atoms with van der Waals surface area (Å²) >= 11 is 0. The van der Waals surface area contributed by atoms with Gasteiger partial charge in [-0.3, -0.25) is 9.59 Å². The molecular formula is C25H25ClN4O4S. The van der Waals surface area contributed by atoms with E-state index < -0.39 is 15.9 Å². The van der Waals surface area contributed by atoms with Crippen LogP contribution in [0.2, 0.25) is 0 Å². The van der Waals surface area contributed by atoms with Crippen molar-refractivity contribution >= 4 is 78.8 Å². The lowest BCUT2D eigenvalue weighted by atomic mass is 10.1. The van der Waals surface area contributed by atoms with Gasteiger partial charge in [0.25, 0.3) is 0 Å². The van der Waals surface area contributed by atoms with Gasteiger partial charge in [-0.15, -0.1) is 12.4 Å². The lowest BCUT2D eigenvalue weighted by Gasteiger charge is -2.20. The number of rotatable bonds is 6. The predicted molar refractivity (Wildman–Crippen MR) is 143 cm³/mol. The molecule has 4 aromatic rings. The molecule has 3 aromatic carbocycles. The molecule has 0 bridgehead atoms. The van der Waals surface area contributed by atoms with Gasteiger partial charge < -0.3 is 10.6 Å². The first-order valence-electron chi connectivity index (χ1n) is 10.7. The minimum Gasteiger partial charge on any atom is -0.354 e. The number of pyridine rings is 1. The highest BCUT2D eigenvalue weighted by Gasteiger charge is 2.23. The Morgan fingerprint density at radius 2 is 1.54 bits per heavy atom. The van der Waals surface area contributed by atoms with Crippen molar-refractivity contribution in [2.75, 3.05) is 21.2 Å². The second kappa shape index (κ2) is 10.3. The molecule has 0 unspecified atom stereocenters. The van der Waals surface area contributed by atoms with Crippen molar-refractivity contribution in [1.29, 1.82) is 0 Å². The Kier molecular flexibility index (Phi) is 7.62. The summed E-state index contributed by atoms with van der Waals surface area (Å²) in [6.45, 7) is 3.07. The van der Waals surface area contributed by atoms with E-state index in [2.05, 4.69) is 10.6 Å². The molecule has 1 aromatic heterocycles. The number of carbonyl (C=O) groups excluding carboxylic acids is 2. The van der Waals surface area contributed by atoms with Crippen LogP contribution in [-0.2, 0) is 19.6 Å². The van der Waals surface area contributed by atoms with Crippen LogP contribution in [0, 0.1) is 0 Å². The van der Waals surface area contributed by atoms with Gasteiger partial charge in [-0.2, -0.15) is 0 Å². The van der Waals surface area contributed by atoms with Gasteiger partial charge in [-0.25, -0.2) is 17.7 Å². The Labute approximate surface area is 209 Å². The average molecular weight is 513 g/mol. The lowest BCUT2D eigenvalue weighted by Crippen LogP contribution is -2.35. The molecule has 0 aliphatic rings. The number of anilines is 4. The highest BCUT2D eigenvalue weighted by Crippen LogP contribution is 2.34. The monoisotopic (exact) mass is 512 g/mol. The lowest BCUT2D eigenvalue weighted by molar-refractivity contribution is -0.117. The number of benzene rings is 3. The van der Waals surface area contributed by atoms with Gasteiger partial charge in [-0.05, 0) is 48.5 Å². The number of amides is 2. The van der Waals surface area contributed by atoms with Crippen molar-refractivity contribution < 1.29 is 18.0 Å². The fraction of sp³-hybridized carbons (Fsp3) is 0.160. The van der Waals surface area contributed by atoms with Crippen LogP contribution in [0.1, 0.15) is 20.3 Å². The van der Waals surface area contributed by atoms with Gasteiger partial charge in [0, 0.05) is 35.5 Å². The smallest absolute Gasteiger partial charge is 0.240 e. The number of sulfonamides is 1. The minimum atomic E-state index is -3.75. The standard InChI is InChI=1S/C25H24N4O4S.ClH/c1-4-24(31)29(34(3,32)33)19-12-9-17(10-13-19)27-25-20-7-5-6-8-22(20)28-23-15-18(26-16(2)30)11-14-21(23)25;/h5-15H,4H2,1-3H3,(H,26,30)(H,27,28);1H. The van der Waals surface area contributed by atoms with Crippen molar-refractivity contribution in [1.82, 2.24) is 4.98 Å². The Morgan fingerprint density at radius 3 is 2.17 bits per heavy atom. The van der Waals surface area contributed by atoms with Crippen LogP contribution in [0.5, 0.6) is 0 Å². The van der Waals surface area contributed by atoms with Crippen LogP contribution in [0.15, 0.2) is 66.7 Å². The van der Waals surface area contributed by atoms with Gasteiger partial charge in [0.1, 0.15) is 0 Å². The zero-order chi connectivity index (χ0) is 24.5.